The lowest BCUT2D eigenvalue weighted by Crippen LogP contribution is -2.30. The van der Waals surface area contributed by atoms with Gasteiger partial charge < -0.3 is 0 Å². The molecule has 0 spiro atoms. The van der Waals surface area contributed by atoms with Crippen LogP contribution in [0.15, 0.2) is 60.8 Å². The molecule has 2 aromatic carbocycles. The van der Waals surface area contributed by atoms with E-state index < -0.39 is 0 Å². The Morgan fingerprint density at radius 2 is 1.23 bits per heavy atom. The van der Waals surface area contributed by atoms with Crippen LogP contribution in [0.4, 0.5) is 0 Å². The standard InChI is InChI=1S/C21H22N/c1-15-9-7-10-16(2)20(15)18-12-8-11-17(3)21(18)19-13-5-6-14-22(19)4/h5-14H,1-4H3/q+1. The first-order chi connectivity index (χ1) is 10.6. The molecule has 0 amide bonds. The van der Waals surface area contributed by atoms with Crippen LogP contribution >= 0.6 is 0 Å². The summed E-state index contributed by atoms with van der Waals surface area (Å²) in [4.78, 5) is 0. The van der Waals surface area contributed by atoms with Gasteiger partial charge in [0.15, 0.2) is 6.20 Å². The van der Waals surface area contributed by atoms with Crippen LogP contribution in [0.5, 0.6) is 0 Å². The molecule has 0 radical (unpaired) electrons. The van der Waals surface area contributed by atoms with E-state index in [2.05, 4.69) is 93.2 Å². The Bertz CT molecular complexity index is 811. The SMILES string of the molecule is Cc1cccc(C)c1-c1cccc(C)c1-c1cccc[n+]1C. The van der Waals surface area contributed by atoms with Gasteiger partial charge in [-0.25, -0.2) is 4.57 Å². The van der Waals surface area contributed by atoms with Gasteiger partial charge in [0.25, 0.3) is 0 Å². The zero-order chi connectivity index (χ0) is 15.7. The number of benzene rings is 2. The molecule has 1 heterocycles. The molecule has 0 aliphatic rings. The second-order valence-corrected chi connectivity index (χ2v) is 5.96. The summed E-state index contributed by atoms with van der Waals surface area (Å²) in [5.41, 5.74) is 9.20. The normalized spacial score (nSPS) is 10.7. The van der Waals surface area contributed by atoms with Crippen molar-refractivity contribution in [3.05, 3.63) is 77.5 Å². The highest BCUT2D eigenvalue weighted by Gasteiger charge is 2.18. The topological polar surface area (TPSA) is 3.88 Å². The minimum absolute atomic E-state index is 1.25. The Labute approximate surface area is 132 Å². The molecule has 0 saturated carbocycles. The van der Waals surface area contributed by atoms with Gasteiger partial charge in [0.2, 0.25) is 5.69 Å². The predicted octanol–water partition coefficient (Wildman–Crippen LogP) is 4.77. The maximum atomic E-state index is 2.24. The van der Waals surface area contributed by atoms with Crippen LogP contribution in [-0.2, 0) is 7.05 Å². The molecule has 0 saturated heterocycles. The van der Waals surface area contributed by atoms with Gasteiger partial charge >= 0.3 is 0 Å². The van der Waals surface area contributed by atoms with Crippen LogP contribution in [0.3, 0.4) is 0 Å². The zero-order valence-corrected chi connectivity index (χ0v) is 13.7. The van der Waals surface area contributed by atoms with Gasteiger partial charge in [0, 0.05) is 12.1 Å². The van der Waals surface area contributed by atoms with Crippen molar-refractivity contribution in [2.24, 2.45) is 7.05 Å². The summed E-state index contributed by atoms with van der Waals surface area (Å²) in [6.07, 6.45) is 2.11. The summed E-state index contributed by atoms with van der Waals surface area (Å²) in [7, 11) is 2.11. The van der Waals surface area contributed by atoms with Crippen molar-refractivity contribution in [3.63, 3.8) is 0 Å². The molecule has 1 aromatic heterocycles. The van der Waals surface area contributed by atoms with Gasteiger partial charge in [-0.3, -0.25) is 0 Å². The molecule has 0 fully saturated rings. The lowest BCUT2D eigenvalue weighted by atomic mass is 9.88. The minimum Gasteiger partial charge on any atom is -0.201 e. The minimum atomic E-state index is 1.25. The van der Waals surface area contributed by atoms with Crippen molar-refractivity contribution in [3.8, 4) is 22.4 Å². The van der Waals surface area contributed by atoms with Crippen LogP contribution in [0, 0.1) is 20.8 Å². The molecule has 3 aromatic rings. The van der Waals surface area contributed by atoms with Crippen LogP contribution in [0.2, 0.25) is 0 Å². The van der Waals surface area contributed by atoms with Crippen molar-refractivity contribution in [2.75, 3.05) is 0 Å². The third-order valence-electron chi connectivity index (χ3n) is 4.33. The van der Waals surface area contributed by atoms with E-state index in [0.29, 0.717) is 0 Å². The Morgan fingerprint density at radius 3 is 1.86 bits per heavy atom. The highest BCUT2D eigenvalue weighted by molar-refractivity contribution is 5.86. The molecule has 1 heteroatoms. The summed E-state index contributed by atoms with van der Waals surface area (Å²) < 4.78 is 2.19. The summed E-state index contributed by atoms with van der Waals surface area (Å²) in [6.45, 7) is 6.58. The number of hydrogen-bond acceptors (Lipinski definition) is 0. The molecule has 0 atom stereocenters. The van der Waals surface area contributed by atoms with E-state index in [0.717, 1.165) is 0 Å². The number of hydrogen-bond donors (Lipinski definition) is 0. The van der Waals surface area contributed by atoms with Crippen LogP contribution in [-0.4, -0.2) is 0 Å². The van der Waals surface area contributed by atoms with Crippen molar-refractivity contribution >= 4 is 0 Å². The summed E-state index contributed by atoms with van der Waals surface area (Å²) in [6, 6.07) is 19.5. The fourth-order valence-corrected chi connectivity index (χ4v) is 3.24. The largest absolute Gasteiger partial charge is 0.213 e. The molecular weight excluding hydrogens is 266 g/mol. The van der Waals surface area contributed by atoms with Crippen LogP contribution in [0.1, 0.15) is 16.7 Å². The molecule has 0 unspecified atom stereocenters. The van der Waals surface area contributed by atoms with E-state index >= 15 is 0 Å². The average molecular weight is 288 g/mol. The second kappa shape index (κ2) is 5.76. The van der Waals surface area contributed by atoms with Gasteiger partial charge in [-0.2, -0.15) is 0 Å². The fourth-order valence-electron chi connectivity index (χ4n) is 3.24. The molecule has 1 nitrogen and oxygen atoms in total. The van der Waals surface area contributed by atoms with Gasteiger partial charge in [-0.1, -0.05) is 36.4 Å². The van der Waals surface area contributed by atoms with E-state index in [9.17, 15) is 0 Å². The third kappa shape index (κ3) is 2.43. The summed E-state index contributed by atoms with van der Waals surface area (Å²) in [5.74, 6) is 0. The van der Waals surface area contributed by atoms with E-state index in [1.165, 1.54) is 39.1 Å². The first-order valence-electron chi connectivity index (χ1n) is 7.71. The fraction of sp³-hybridized carbons (Fsp3) is 0.190. The maximum absolute atomic E-state index is 2.24. The van der Waals surface area contributed by atoms with E-state index in [1.807, 2.05) is 0 Å². The van der Waals surface area contributed by atoms with E-state index in [1.54, 1.807) is 0 Å². The van der Waals surface area contributed by atoms with Crippen molar-refractivity contribution < 1.29 is 4.57 Å². The van der Waals surface area contributed by atoms with Gasteiger partial charge in [0.1, 0.15) is 7.05 Å². The number of rotatable bonds is 2. The number of aromatic nitrogens is 1. The lowest BCUT2D eigenvalue weighted by Gasteiger charge is -2.15. The quantitative estimate of drug-likeness (QED) is 0.598. The molecule has 110 valence electrons. The Balaban J connectivity index is 2.36. The third-order valence-corrected chi connectivity index (χ3v) is 4.33. The van der Waals surface area contributed by atoms with Crippen molar-refractivity contribution in [2.45, 2.75) is 20.8 Å². The van der Waals surface area contributed by atoms with E-state index in [-0.39, 0.29) is 0 Å². The highest BCUT2D eigenvalue weighted by Crippen LogP contribution is 2.36. The Morgan fingerprint density at radius 1 is 0.636 bits per heavy atom. The van der Waals surface area contributed by atoms with Gasteiger partial charge in [-0.15, -0.1) is 0 Å². The number of aryl methyl sites for hydroxylation is 4. The molecule has 22 heavy (non-hydrogen) atoms. The lowest BCUT2D eigenvalue weighted by molar-refractivity contribution is -0.660. The monoisotopic (exact) mass is 288 g/mol. The Hall–Kier alpha value is -2.41. The first kappa shape index (κ1) is 14.5. The molecular formula is C21H22N+. The molecule has 0 bridgehead atoms. The molecule has 0 aliphatic heterocycles. The molecule has 0 aliphatic carbocycles. The van der Waals surface area contributed by atoms with Gasteiger partial charge in [-0.05, 0) is 54.7 Å². The number of pyridine rings is 1. The maximum Gasteiger partial charge on any atom is 0.213 e. The first-order valence-corrected chi connectivity index (χ1v) is 7.71. The number of nitrogens with zero attached hydrogens (tertiary/aromatic N) is 1. The van der Waals surface area contributed by atoms with Crippen LogP contribution < -0.4 is 4.57 Å². The van der Waals surface area contributed by atoms with Crippen LogP contribution in [0.25, 0.3) is 22.4 Å². The smallest absolute Gasteiger partial charge is 0.201 e. The molecule has 0 N–H and O–H groups in total. The molecule has 3 rings (SSSR count). The zero-order valence-electron chi connectivity index (χ0n) is 13.7. The van der Waals surface area contributed by atoms with Gasteiger partial charge in [0.05, 0.1) is 5.56 Å². The summed E-state index contributed by atoms with van der Waals surface area (Å²) in [5, 5.41) is 0. The summed E-state index contributed by atoms with van der Waals surface area (Å²) >= 11 is 0. The average Bonchev–Trinajstić information content (AvgIpc) is 2.48. The van der Waals surface area contributed by atoms with E-state index in [4.69, 9.17) is 0 Å². The van der Waals surface area contributed by atoms with Crippen molar-refractivity contribution in [1.29, 1.82) is 0 Å². The Kier molecular flexibility index (Phi) is 3.81. The highest BCUT2D eigenvalue weighted by atomic mass is 14.9. The second-order valence-electron chi connectivity index (χ2n) is 5.96. The predicted molar refractivity (Wildman–Crippen MR) is 92.7 cm³/mol. The van der Waals surface area contributed by atoms with Crippen molar-refractivity contribution in [1.82, 2.24) is 0 Å².